The fraction of sp³-hybridized carbons (Fsp3) is 0.300. The maximum Gasteiger partial charge on any atom is 0.266 e. The highest BCUT2D eigenvalue weighted by molar-refractivity contribution is 6.32. The summed E-state index contributed by atoms with van der Waals surface area (Å²) in [6, 6.07) is 12.7. The molecule has 0 spiro atoms. The topological polar surface area (TPSA) is 59.4 Å². The molecule has 0 bridgehead atoms. The number of para-hydroxylation sites is 1. The van der Waals surface area contributed by atoms with Gasteiger partial charge in [-0.15, -0.1) is 0 Å². The highest BCUT2D eigenvalue weighted by Gasteiger charge is 2.18. The summed E-state index contributed by atoms with van der Waals surface area (Å²) in [5.41, 5.74) is 1.21. The van der Waals surface area contributed by atoms with Crippen LogP contribution >= 0.6 is 11.6 Å². The Kier molecular flexibility index (Phi) is 5.11. The Bertz CT molecular complexity index is 1030. The lowest BCUT2D eigenvalue weighted by Gasteiger charge is -2.28. The molecule has 6 nitrogen and oxygen atoms in total. The molecule has 1 N–H and O–H groups in total. The minimum Gasteiger partial charge on any atom is -0.497 e. The Balaban J connectivity index is 1.89. The fourth-order valence-corrected chi connectivity index (χ4v) is 3.65. The Labute approximate surface area is 162 Å². The maximum absolute atomic E-state index is 13.3. The zero-order valence-corrected chi connectivity index (χ0v) is 15.9. The standard InChI is InChI=1S/C20H21ClN4O2/c1-27-14-6-7-18(16(21)12-14)25-19(13-24-10-8-22-9-11-24)23-17-5-3-2-4-15(17)20(25)26/h2-7,12,22H,8-11,13H2,1H3. The van der Waals surface area contributed by atoms with Gasteiger partial charge in [-0.2, -0.15) is 0 Å². The average molecular weight is 385 g/mol. The summed E-state index contributed by atoms with van der Waals surface area (Å²) in [6.07, 6.45) is 0. The van der Waals surface area contributed by atoms with Crippen molar-refractivity contribution in [1.29, 1.82) is 0 Å². The number of halogens is 1. The minimum absolute atomic E-state index is 0.113. The minimum atomic E-state index is -0.113. The Morgan fingerprint density at radius 3 is 2.70 bits per heavy atom. The molecule has 4 rings (SSSR count). The van der Waals surface area contributed by atoms with Gasteiger partial charge in [0.2, 0.25) is 0 Å². The quantitative estimate of drug-likeness (QED) is 0.748. The Morgan fingerprint density at radius 1 is 1.19 bits per heavy atom. The number of rotatable bonds is 4. The van der Waals surface area contributed by atoms with Crippen molar-refractivity contribution < 1.29 is 4.74 Å². The van der Waals surface area contributed by atoms with Gasteiger partial charge in [-0.25, -0.2) is 4.98 Å². The van der Waals surface area contributed by atoms with Gasteiger partial charge in [0.1, 0.15) is 11.6 Å². The van der Waals surface area contributed by atoms with E-state index < -0.39 is 0 Å². The van der Waals surface area contributed by atoms with E-state index in [0.29, 0.717) is 39.7 Å². The fourth-order valence-electron chi connectivity index (χ4n) is 3.40. The molecule has 0 amide bonds. The van der Waals surface area contributed by atoms with Crippen LogP contribution in [0.2, 0.25) is 5.02 Å². The van der Waals surface area contributed by atoms with Crippen molar-refractivity contribution in [2.24, 2.45) is 0 Å². The number of methoxy groups -OCH3 is 1. The highest BCUT2D eigenvalue weighted by Crippen LogP contribution is 2.26. The molecular weight excluding hydrogens is 364 g/mol. The zero-order valence-electron chi connectivity index (χ0n) is 15.1. The molecular formula is C20H21ClN4O2. The molecule has 1 fully saturated rings. The first kappa shape index (κ1) is 18.0. The lowest BCUT2D eigenvalue weighted by atomic mass is 10.2. The first-order valence-electron chi connectivity index (χ1n) is 8.95. The third-order valence-electron chi connectivity index (χ3n) is 4.82. The van der Waals surface area contributed by atoms with E-state index in [4.69, 9.17) is 21.3 Å². The Hall–Kier alpha value is -2.41. The van der Waals surface area contributed by atoms with E-state index in [1.165, 1.54) is 0 Å². The predicted octanol–water partition coefficient (Wildman–Crippen LogP) is 2.45. The van der Waals surface area contributed by atoms with Crippen molar-refractivity contribution >= 4 is 22.5 Å². The number of benzene rings is 2. The lowest BCUT2D eigenvalue weighted by Crippen LogP contribution is -2.44. The number of hydrogen-bond donors (Lipinski definition) is 1. The monoisotopic (exact) mass is 384 g/mol. The molecule has 0 radical (unpaired) electrons. The number of nitrogens with zero attached hydrogens (tertiary/aromatic N) is 3. The second kappa shape index (κ2) is 7.68. The van der Waals surface area contributed by atoms with Gasteiger partial charge in [0.15, 0.2) is 0 Å². The van der Waals surface area contributed by atoms with Crippen LogP contribution in [0.3, 0.4) is 0 Å². The molecule has 2 heterocycles. The summed E-state index contributed by atoms with van der Waals surface area (Å²) in [4.78, 5) is 20.4. The van der Waals surface area contributed by atoms with Crippen LogP contribution < -0.4 is 15.6 Å². The van der Waals surface area contributed by atoms with Crippen LogP contribution in [0.4, 0.5) is 0 Å². The van der Waals surface area contributed by atoms with Gasteiger partial charge in [0, 0.05) is 32.2 Å². The molecule has 1 aromatic heterocycles. The maximum atomic E-state index is 13.3. The third kappa shape index (κ3) is 3.56. The summed E-state index contributed by atoms with van der Waals surface area (Å²) in [6.45, 7) is 4.28. The van der Waals surface area contributed by atoms with Crippen molar-refractivity contribution in [2.45, 2.75) is 6.54 Å². The first-order chi connectivity index (χ1) is 13.2. The molecule has 140 valence electrons. The number of fused-ring (bicyclic) bond motifs is 1. The second-order valence-electron chi connectivity index (χ2n) is 6.53. The van der Waals surface area contributed by atoms with E-state index in [0.717, 1.165) is 26.2 Å². The molecule has 1 aliphatic heterocycles. The molecule has 0 aliphatic carbocycles. The molecule has 1 aliphatic rings. The van der Waals surface area contributed by atoms with Crippen LogP contribution in [0.5, 0.6) is 5.75 Å². The molecule has 7 heteroatoms. The molecule has 0 atom stereocenters. The van der Waals surface area contributed by atoms with E-state index >= 15 is 0 Å². The van der Waals surface area contributed by atoms with Crippen LogP contribution in [0, 0.1) is 0 Å². The van der Waals surface area contributed by atoms with Gasteiger partial charge in [-0.3, -0.25) is 14.3 Å². The second-order valence-corrected chi connectivity index (χ2v) is 6.94. The van der Waals surface area contributed by atoms with E-state index in [2.05, 4.69) is 10.2 Å². The number of hydrogen-bond acceptors (Lipinski definition) is 5. The number of nitrogens with one attached hydrogen (secondary N) is 1. The molecule has 1 saturated heterocycles. The van der Waals surface area contributed by atoms with Crippen LogP contribution in [-0.2, 0) is 6.54 Å². The van der Waals surface area contributed by atoms with E-state index in [1.807, 2.05) is 18.2 Å². The smallest absolute Gasteiger partial charge is 0.266 e. The van der Waals surface area contributed by atoms with Gasteiger partial charge >= 0.3 is 0 Å². The van der Waals surface area contributed by atoms with Gasteiger partial charge in [-0.1, -0.05) is 23.7 Å². The van der Waals surface area contributed by atoms with Gasteiger partial charge in [-0.05, 0) is 24.3 Å². The van der Waals surface area contributed by atoms with Crippen LogP contribution in [0.25, 0.3) is 16.6 Å². The predicted molar refractivity (Wildman–Crippen MR) is 107 cm³/mol. The number of aromatic nitrogens is 2. The SMILES string of the molecule is COc1ccc(-n2c(CN3CCNCC3)nc3ccccc3c2=O)c(Cl)c1. The summed E-state index contributed by atoms with van der Waals surface area (Å²) in [5, 5.41) is 4.38. The third-order valence-corrected chi connectivity index (χ3v) is 5.12. The summed E-state index contributed by atoms with van der Waals surface area (Å²) < 4.78 is 6.87. The van der Waals surface area contributed by atoms with Crippen molar-refractivity contribution in [3.8, 4) is 11.4 Å². The summed E-state index contributed by atoms with van der Waals surface area (Å²) in [5.74, 6) is 1.34. The van der Waals surface area contributed by atoms with Crippen molar-refractivity contribution in [3.63, 3.8) is 0 Å². The van der Waals surface area contributed by atoms with Crippen molar-refractivity contribution in [2.75, 3.05) is 33.3 Å². The molecule has 2 aromatic carbocycles. The Morgan fingerprint density at radius 2 is 1.96 bits per heavy atom. The number of piperazine rings is 1. The van der Waals surface area contributed by atoms with Crippen LogP contribution in [-0.4, -0.2) is 47.7 Å². The molecule has 3 aromatic rings. The van der Waals surface area contributed by atoms with Crippen LogP contribution in [0.15, 0.2) is 47.3 Å². The first-order valence-corrected chi connectivity index (χ1v) is 9.33. The van der Waals surface area contributed by atoms with Crippen molar-refractivity contribution in [3.05, 3.63) is 63.7 Å². The highest BCUT2D eigenvalue weighted by atomic mass is 35.5. The molecule has 0 saturated carbocycles. The van der Waals surface area contributed by atoms with E-state index in [1.54, 1.807) is 35.9 Å². The van der Waals surface area contributed by atoms with Crippen molar-refractivity contribution in [1.82, 2.24) is 19.8 Å². The zero-order chi connectivity index (χ0) is 18.8. The van der Waals surface area contributed by atoms with E-state index in [-0.39, 0.29) is 5.56 Å². The number of ether oxygens (including phenoxy) is 1. The van der Waals surface area contributed by atoms with E-state index in [9.17, 15) is 4.79 Å². The lowest BCUT2D eigenvalue weighted by molar-refractivity contribution is 0.226. The van der Waals surface area contributed by atoms with Gasteiger partial charge in [0.25, 0.3) is 5.56 Å². The molecule has 0 unspecified atom stereocenters. The average Bonchev–Trinajstić information content (AvgIpc) is 2.70. The summed E-state index contributed by atoms with van der Waals surface area (Å²) in [7, 11) is 1.59. The van der Waals surface area contributed by atoms with Crippen LogP contribution in [0.1, 0.15) is 5.82 Å². The van der Waals surface area contributed by atoms with Gasteiger partial charge in [0.05, 0.1) is 35.3 Å². The molecule has 27 heavy (non-hydrogen) atoms. The largest absolute Gasteiger partial charge is 0.497 e. The summed E-state index contributed by atoms with van der Waals surface area (Å²) >= 11 is 6.49. The van der Waals surface area contributed by atoms with Gasteiger partial charge < -0.3 is 10.1 Å². The normalized spacial score (nSPS) is 15.2.